The van der Waals surface area contributed by atoms with Gasteiger partial charge in [-0.05, 0) is 24.1 Å². The van der Waals surface area contributed by atoms with E-state index < -0.39 is 15.9 Å². The van der Waals surface area contributed by atoms with Gasteiger partial charge in [0.25, 0.3) is 5.91 Å². The highest BCUT2D eigenvalue weighted by atomic mass is 35.5. The number of halogens is 1. The fourth-order valence-electron chi connectivity index (χ4n) is 1.58. The lowest BCUT2D eigenvalue weighted by Gasteiger charge is -2.05. The molecule has 0 saturated heterocycles. The quantitative estimate of drug-likeness (QED) is 0.272. The number of sulfonamides is 1. The number of hydrogen-bond donors (Lipinski definition) is 3. The highest BCUT2D eigenvalue weighted by molar-refractivity contribution is 7.89. The minimum absolute atomic E-state index is 0.0215. The molecule has 0 spiro atoms. The Morgan fingerprint density at radius 3 is 2.52 bits per heavy atom. The van der Waals surface area contributed by atoms with Crippen LogP contribution in [-0.2, 0) is 21.4 Å². The van der Waals surface area contributed by atoms with E-state index in [9.17, 15) is 13.2 Å². The minimum Gasteiger partial charge on any atom is -0.386 e. The van der Waals surface area contributed by atoms with Crippen molar-refractivity contribution in [3.05, 3.63) is 41.6 Å². The molecule has 0 saturated carbocycles. The smallest absolute Gasteiger partial charge is 0.263 e. The van der Waals surface area contributed by atoms with E-state index in [1.165, 1.54) is 18.3 Å². The lowest BCUT2D eigenvalue weighted by molar-refractivity contribution is -0.117. The zero-order valence-electron chi connectivity index (χ0n) is 12.3. The van der Waals surface area contributed by atoms with E-state index in [0.717, 1.165) is 5.56 Å². The summed E-state index contributed by atoms with van der Waals surface area (Å²) < 4.78 is 22.3. The van der Waals surface area contributed by atoms with Crippen LogP contribution in [0.15, 0.2) is 40.9 Å². The van der Waals surface area contributed by atoms with Crippen molar-refractivity contribution in [2.75, 3.05) is 12.4 Å². The van der Waals surface area contributed by atoms with Gasteiger partial charge >= 0.3 is 0 Å². The number of nitrogens with zero attached hydrogens (tertiary/aromatic N) is 1. The minimum atomic E-state index is -3.72. The number of carbonyl (C=O) groups is 1. The Kier molecular flexibility index (Phi) is 7.54. The van der Waals surface area contributed by atoms with E-state index in [2.05, 4.69) is 10.6 Å². The molecule has 0 aliphatic rings. The maximum absolute atomic E-state index is 11.7. The first kappa shape index (κ1) is 19.0. The number of nitrogens with one attached hydrogen (secondary N) is 2. The van der Waals surface area contributed by atoms with Gasteiger partial charge in [0.2, 0.25) is 10.0 Å². The lowest BCUT2D eigenvalue weighted by Crippen LogP contribution is -2.26. The van der Waals surface area contributed by atoms with Crippen LogP contribution in [0, 0.1) is 11.3 Å². The second-order valence-corrected chi connectivity index (χ2v) is 6.48. The summed E-state index contributed by atoms with van der Waals surface area (Å²) in [5.41, 5.74) is 0.717. The molecular weight excluding hydrogens is 340 g/mol. The Morgan fingerprint density at radius 2 is 2.00 bits per heavy atom. The summed E-state index contributed by atoms with van der Waals surface area (Å²) in [5, 5.41) is 19.4. The molecule has 23 heavy (non-hydrogen) atoms. The average Bonchev–Trinajstić information content (AvgIpc) is 2.51. The molecule has 9 heteroatoms. The summed E-state index contributed by atoms with van der Waals surface area (Å²) >= 11 is 5.50. The highest BCUT2D eigenvalue weighted by Gasteiger charge is 2.08. The first-order valence-electron chi connectivity index (χ1n) is 6.68. The van der Waals surface area contributed by atoms with Crippen molar-refractivity contribution < 1.29 is 13.2 Å². The third-order valence-corrected chi connectivity index (χ3v) is 3.96. The average molecular weight is 357 g/mol. The molecule has 0 aliphatic heterocycles. The fourth-order valence-corrected chi connectivity index (χ4v) is 2.23. The largest absolute Gasteiger partial charge is 0.386 e. The predicted octanol–water partition coefficient (Wildman–Crippen LogP) is 0.576. The number of primary sulfonamides is 1. The van der Waals surface area contributed by atoms with Crippen LogP contribution in [0.5, 0.6) is 0 Å². The maximum atomic E-state index is 11.7. The number of nitriles is 1. The van der Waals surface area contributed by atoms with Gasteiger partial charge in [-0.1, -0.05) is 12.1 Å². The van der Waals surface area contributed by atoms with E-state index >= 15 is 0 Å². The molecule has 0 fully saturated rings. The molecule has 0 atom stereocenters. The van der Waals surface area contributed by atoms with Gasteiger partial charge in [-0.25, -0.2) is 13.6 Å². The first-order valence-corrected chi connectivity index (χ1v) is 8.76. The molecule has 0 unspecified atom stereocenters. The number of amides is 1. The summed E-state index contributed by atoms with van der Waals surface area (Å²) in [4.78, 5) is 11.7. The zero-order valence-corrected chi connectivity index (χ0v) is 13.8. The van der Waals surface area contributed by atoms with Gasteiger partial charge in [-0.15, -0.1) is 11.6 Å². The van der Waals surface area contributed by atoms with Gasteiger partial charge in [0.05, 0.1) is 4.90 Å². The molecule has 1 amide bonds. The highest BCUT2D eigenvalue weighted by Crippen LogP contribution is 2.08. The van der Waals surface area contributed by atoms with E-state index in [1.807, 2.05) is 0 Å². The van der Waals surface area contributed by atoms with Crippen LogP contribution < -0.4 is 15.8 Å². The van der Waals surface area contributed by atoms with E-state index in [4.69, 9.17) is 22.0 Å². The second kappa shape index (κ2) is 9.15. The summed E-state index contributed by atoms with van der Waals surface area (Å²) in [6.45, 7) is 0.724. The second-order valence-electron chi connectivity index (χ2n) is 4.54. The monoisotopic (exact) mass is 356 g/mol. The molecular formula is C14H17ClN4O3S. The molecule has 0 aromatic heterocycles. The van der Waals surface area contributed by atoms with Crippen molar-refractivity contribution in [2.45, 2.75) is 17.9 Å². The Balaban J connectivity index is 2.59. The predicted molar refractivity (Wildman–Crippen MR) is 86.7 cm³/mol. The third-order valence-electron chi connectivity index (χ3n) is 2.77. The molecule has 4 N–H and O–H groups in total. The topological polar surface area (TPSA) is 125 Å². The van der Waals surface area contributed by atoms with Crippen molar-refractivity contribution in [1.82, 2.24) is 10.6 Å². The summed E-state index contributed by atoms with van der Waals surface area (Å²) in [7, 11) is -3.72. The van der Waals surface area contributed by atoms with Crippen molar-refractivity contribution in [3.8, 4) is 6.07 Å². The number of nitrogens with two attached hydrogens (primary N) is 1. The number of rotatable bonds is 8. The maximum Gasteiger partial charge on any atom is 0.263 e. The van der Waals surface area contributed by atoms with E-state index in [0.29, 0.717) is 25.4 Å². The molecule has 124 valence electrons. The summed E-state index contributed by atoms with van der Waals surface area (Å²) in [6, 6.07) is 7.76. The standard InChI is InChI=1S/C14H17ClN4O3S/c15-6-1-7-19-14(20)12(8-16)10-18-9-11-2-4-13(5-3-11)23(17,21)22/h2-5,10,18H,1,6-7,9H2,(H,19,20)(H2,17,21,22)/b12-10-. The number of benzene rings is 1. The third kappa shape index (κ3) is 6.69. The van der Waals surface area contributed by atoms with E-state index in [-0.39, 0.29) is 10.5 Å². The van der Waals surface area contributed by atoms with Gasteiger partial charge < -0.3 is 10.6 Å². The van der Waals surface area contributed by atoms with Crippen LogP contribution >= 0.6 is 11.6 Å². The molecule has 7 nitrogen and oxygen atoms in total. The summed E-state index contributed by atoms with van der Waals surface area (Å²) in [5.74, 6) is -0.0479. The number of carbonyl (C=O) groups excluding carboxylic acids is 1. The van der Waals surface area contributed by atoms with Crippen LogP contribution in [-0.4, -0.2) is 26.7 Å². The fraction of sp³-hybridized carbons (Fsp3) is 0.286. The van der Waals surface area contributed by atoms with E-state index in [1.54, 1.807) is 18.2 Å². The van der Waals surface area contributed by atoms with Gasteiger partial charge in [-0.3, -0.25) is 4.79 Å². The zero-order chi connectivity index (χ0) is 17.3. The number of hydrogen-bond acceptors (Lipinski definition) is 5. The number of alkyl halides is 1. The molecule has 0 heterocycles. The van der Waals surface area contributed by atoms with Crippen LogP contribution in [0.25, 0.3) is 0 Å². The molecule has 1 aromatic carbocycles. The van der Waals surface area contributed by atoms with Crippen LogP contribution in [0.3, 0.4) is 0 Å². The Bertz CT molecular complexity index is 709. The first-order chi connectivity index (χ1) is 10.9. The molecule has 0 aliphatic carbocycles. The summed E-state index contributed by atoms with van der Waals surface area (Å²) in [6.07, 6.45) is 1.93. The molecule has 1 rings (SSSR count). The van der Waals surface area contributed by atoms with Crippen LogP contribution in [0.4, 0.5) is 0 Å². The van der Waals surface area contributed by atoms with Gasteiger partial charge in [0.1, 0.15) is 11.6 Å². The Labute approximate surface area is 140 Å². The van der Waals surface area contributed by atoms with Crippen molar-refractivity contribution in [1.29, 1.82) is 5.26 Å². The normalized spacial score (nSPS) is 11.6. The van der Waals surface area contributed by atoms with Gasteiger partial charge in [0, 0.05) is 25.2 Å². The molecule has 0 radical (unpaired) electrons. The molecule has 1 aromatic rings. The lowest BCUT2D eigenvalue weighted by atomic mass is 10.2. The van der Waals surface area contributed by atoms with Crippen molar-refractivity contribution in [2.24, 2.45) is 5.14 Å². The van der Waals surface area contributed by atoms with Crippen LogP contribution in [0.1, 0.15) is 12.0 Å². The van der Waals surface area contributed by atoms with Crippen molar-refractivity contribution in [3.63, 3.8) is 0 Å². The van der Waals surface area contributed by atoms with Crippen molar-refractivity contribution >= 4 is 27.5 Å². The van der Waals surface area contributed by atoms with Gasteiger partial charge in [-0.2, -0.15) is 5.26 Å². The Morgan fingerprint density at radius 1 is 1.35 bits per heavy atom. The van der Waals surface area contributed by atoms with Crippen LogP contribution in [0.2, 0.25) is 0 Å². The molecule has 0 bridgehead atoms. The SMILES string of the molecule is N#C/C(=C/NCc1ccc(S(N)(=O)=O)cc1)C(=O)NCCCCl. The Hall–Kier alpha value is -2.08. The van der Waals surface area contributed by atoms with Gasteiger partial charge in [0.15, 0.2) is 0 Å².